The molecule has 0 unspecified atom stereocenters. The fourth-order valence-electron chi connectivity index (χ4n) is 5.16. The van der Waals surface area contributed by atoms with Crippen molar-refractivity contribution in [3.05, 3.63) is 71.3 Å². The second-order valence-electron chi connectivity index (χ2n) is 9.04. The van der Waals surface area contributed by atoms with Crippen LogP contribution in [0.3, 0.4) is 0 Å². The number of morpholine rings is 1. The number of sulfonamides is 1. The van der Waals surface area contributed by atoms with Gasteiger partial charge in [-0.25, -0.2) is 13.2 Å². The third-order valence-electron chi connectivity index (χ3n) is 6.83. The number of rotatable bonds is 5. The van der Waals surface area contributed by atoms with Crippen LogP contribution in [0.2, 0.25) is 0 Å². The van der Waals surface area contributed by atoms with E-state index in [2.05, 4.69) is 5.32 Å². The SMILES string of the molecule is Cc1ccc(CN2C[C@H]3[C@@H]([C@H]4CN(C(=O)NCCc5ccccc5)C[C@H]3O4)S2(=O)=O)cc1. The van der Waals surface area contributed by atoms with Crippen LogP contribution < -0.4 is 5.32 Å². The number of carbonyl (C=O) groups excluding carboxylic acids is 1. The molecular formula is C24H29N3O4S. The van der Waals surface area contributed by atoms with E-state index in [4.69, 9.17) is 4.74 Å². The Morgan fingerprint density at radius 1 is 1.00 bits per heavy atom. The summed E-state index contributed by atoms with van der Waals surface area (Å²) < 4.78 is 34.3. The van der Waals surface area contributed by atoms with Gasteiger partial charge in [-0.15, -0.1) is 0 Å². The first-order chi connectivity index (χ1) is 15.4. The number of hydrogen-bond donors (Lipinski definition) is 1. The Kier molecular flexibility index (Phi) is 5.69. The summed E-state index contributed by atoms with van der Waals surface area (Å²) in [6, 6.07) is 17.8. The zero-order valence-electron chi connectivity index (χ0n) is 18.2. The largest absolute Gasteiger partial charge is 0.369 e. The highest BCUT2D eigenvalue weighted by Crippen LogP contribution is 2.43. The second kappa shape index (κ2) is 8.50. The molecule has 0 aliphatic carbocycles. The molecule has 2 amide bonds. The summed E-state index contributed by atoms with van der Waals surface area (Å²) >= 11 is 0. The van der Waals surface area contributed by atoms with Crippen molar-refractivity contribution in [3.8, 4) is 0 Å². The lowest BCUT2D eigenvalue weighted by atomic mass is 10.00. The van der Waals surface area contributed by atoms with E-state index in [0.717, 1.165) is 17.5 Å². The van der Waals surface area contributed by atoms with Crippen LogP contribution in [-0.4, -0.2) is 67.3 Å². The predicted octanol–water partition coefficient (Wildman–Crippen LogP) is 2.16. The van der Waals surface area contributed by atoms with Gasteiger partial charge in [0.2, 0.25) is 10.0 Å². The highest BCUT2D eigenvalue weighted by Gasteiger charge is 2.61. The van der Waals surface area contributed by atoms with Gasteiger partial charge in [-0.1, -0.05) is 60.2 Å². The van der Waals surface area contributed by atoms with E-state index in [1.807, 2.05) is 61.5 Å². The quantitative estimate of drug-likeness (QED) is 0.750. The fraction of sp³-hybridized carbons (Fsp3) is 0.458. The lowest BCUT2D eigenvalue weighted by Crippen LogP contribution is -2.52. The van der Waals surface area contributed by atoms with Crippen molar-refractivity contribution in [3.63, 3.8) is 0 Å². The maximum atomic E-state index is 13.3. The molecule has 3 heterocycles. The van der Waals surface area contributed by atoms with Crippen LogP contribution in [0, 0.1) is 12.8 Å². The van der Waals surface area contributed by atoms with E-state index < -0.39 is 21.4 Å². The van der Waals surface area contributed by atoms with Crippen LogP contribution in [0.5, 0.6) is 0 Å². The minimum absolute atomic E-state index is 0.0995. The molecule has 0 aromatic heterocycles. The maximum Gasteiger partial charge on any atom is 0.317 e. The molecule has 0 radical (unpaired) electrons. The fourth-order valence-corrected chi connectivity index (χ4v) is 7.45. The average Bonchev–Trinajstić information content (AvgIpc) is 3.20. The van der Waals surface area contributed by atoms with E-state index in [9.17, 15) is 13.2 Å². The number of fused-ring (bicyclic) bond motifs is 5. The van der Waals surface area contributed by atoms with Crippen LogP contribution in [0.25, 0.3) is 0 Å². The van der Waals surface area contributed by atoms with Crippen LogP contribution in [-0.2, 0) is 27.7 Å². The lowest BCUT2D eigenvalue weighted by molar-refractivity contribution is -0.0345. The number of amides is 2. The Bertz CT molecular complexity index is 1070. The summed E-state index contributed by atoms with van der Waals surface area (Å²) in [5, 5.41) is 2.40. The summed E-state index contributed by atoms with van der Waals surface area (Å²) in [5.74, 6) is -0.0995. The monoisotopic (exact) mass is 455 g/mol. The van der Waals surface area contributed by atoms with E-state index in [0.29, 0.717) is 32.7 Å². The molecule has 170 valence electrons. The van der Waals surface area contributed by atoms with Crippen molar-refractivity contribution in [1.82, 2.24) is 14.5 Å². The predicted molar refractivity (Wildman–Crippen MR) is 122 cm³/mol. The molecule has 7 nitrogen and oxygen atoms in total. The first-order valence-electron chi connectivity index (χ1n) is 11.2. The molecule has 0 spiro atoms. The van der Waals surface area contributed by atoms with Gasteiger partial charge in [0.1, 0.15) is 5.25 Å². The second-order valence-corrected chi connectivity index (χ2v) is 11.1. The molecule has 3 fully saturated rings. The van der Waals surface area contributed by atoms with Crippen molar-refractivity contribution in [2.75, 3.05) is 26.2 Å². The third-order valence-corrected chi connectivity index (χ3v) is 9.17. The van der Waals surface area contributed by atoms with Crippen molar-refractivity contribution in [1.29, 1.82) is 0 Å². The van der Waals surface area contributed by atoms with Gasteiger partial charge in [0.25, 0.3) is 0 Å². The van der Waals surface area contributed by atoms with Crippen molar-refractivity contribution in [2.45, 2.75) is 37.3 Å². The maximum absolute atomic E-state index is 13.3. The highest BCUT2D eigenvalue weighted by atomic mass is 32.2. The first-order valence-corrected chi connectivity index (χ1v) is 12.7. The Morgan fingerprint density at radius 3 is 2.47 bits per heavy atom. The van der Waals surface area contributed by atoms with Gasteiger partial charge in [-0.05, 0) is 24.5 Å². The van der Waals surface area contributed by atoms with Gasteiger partial charge in [-0.3, -0.25) is 0 Å². The molecule has 8 heteroatoms. The Morgan fingerprint density at radius 2 is 1.72 bits per heavy atom. The summed E-state index contributed by atoms with van der Waals surface area (Å²) in [6.45, 7) is 4.15. The number of benzene rings is 2. The van der Waals surface area contributed by atoms with Gasteiger partial charge in [-0.2, -0.15) is 4.31 Å². The number of likely N-dealkylation sites (tertiary alicyclic amines) is 1. The van der Waals surface area contributed by atoms with Crippen LogP contribution in [0.1, 0.15) is 16.7 Å². The molecule has 4 atom stereocenters. The number of aryl methyl sites for hydroxylation is 1. The van der Waals surface area contributed by atoms with E-state index in [1.54, 1.807) is 9.21 Å². The molecule has 32 heavy (non-hydrogen) atoms. The Hall–Kier alpha value is -2.42. The Labute approximate surface area is 189 Å². The normalized spacial score (nSPS) is 28.5. The molecule has 2 aromatic rings. The number of nitrogens with zero attached hydrogens (tertiary/aromatic N) is 2. The van der Waals surface area contributed by atoms with Gasteiger partial charge in [0.05, 0.1) is 18.8 Å². The number of ether oxygens (including phenoxy) is 1. The minimum atomic E-state index is -3.48. The zero-order chi connectivity index (χ0) is 22.3. The van der Waals surface area contributed by atoms with Crippen LogP contribution in [0.15, 0.2) is 54.6 Å². The van der Waals surface area contributed by atoms with Crippen molar-refractivity contribution < 1.29 is 17.9 Å². The number of hydrogen-bond acceptors (Lipinski definition) is 4. The Balaban J connectivity index is 1.21. The molecule has 2 bridgehead atoms. The van der Waals surface area contributed by atoms with E-state index >= 15 is 0 Å². The molecule has 5 rings (SSSR count). The molecule has 1 N–H and O–H groups in total. The summed E-state index contributed by atoms with van der Waals surface area (Å²) in [6.07, 6.45) is 0.0558. The number of urea groups is 1. The van der Waals surface area contributed by atoms with E-state index in [-0.39, 0.29) is 18.1 Å². The van der Waals surface area contributed by atoms with Gasteiger partial charge < -0.3 is 15.0 Å². The standard InChI is InChI=1S/C24H29N3O4S/c1-17-7-9-19(10-8-17)13-27-14-20-21-15-26(16-22(31-21)23(20)32(27,29)30)24(28)25-12-11-18-5-3-2-4-6-18/h2-10,20-23H,11-16H2,1H3,(H,25,28)/t20-,21-,22-,23+/m1/s1. The molecule has 3 aliphatic rings. The van der Waals surface area contributed by atoms with Crippen molar-refractivity contribution in [2.24, 2.45) is 5.92 Å². The zero-order valence-corrected chi connectivity index (χ0v) is 19.0. The molecule has 3 saturated heterocycles. The average molecular weight is 456 g/mol. The lowest BCUT2D eigenvalue weighted by Gasteiger charge is -2.34. The molecule has 0 saturated carbocycles. The first kappa shape index (κ1) is 21.4. The third kappa shape index (κ3) is 4.02. The molecule has 3 aliphatic heterocycles. The van der Waals surface area contributed by atoms with E-state index in [1.165, 1.54) is 5.56 Å². The number of carbonyl (C=O) groups is 1. The smallest absolute Gasteiger partial charge is 0.317 e. The number of nitrogens with one attached hydrogen (secondary N) is 1. The highest BCUT2D eigenvalue weighted by molar-refractivity contribution is 7.90. The minimum Gasteiger partial charge on any atom is -0.369 e. The van der Waals surface area contributed by atoms with Crippen molar-refractivity contribution >= 4 is 16.1 Å². The van der Waals surface area contributed by atoms with Crippen LogP contribution >= 0.6 is 0 Å². The van der Waals surface area contributed by atoms with Crippen LogP contribution in [0.4, 0.5) is 4.79 Å². The molecule has 2 aromatic carbocycles. The summed E-state index contributed by atoms with van der Waals surface area (Å²) in [7, 11) is -3.48. The molecular weight excluding hydrogens is 426 g/mol. The summed E-state index contributed by atoms with van der Waals surface area (Å²) in [4.78, 5) is 14.4. The summed E-state index contributed by atoms with van der Waals surface area (Å²) in [5.41, 5.74) is 3.31. The van der Waals surface area contributed by atoms with Gasteiger partial charge in [0, 0.05) is 32.1 Å². The van der Waals surface area contributed by atoms with Gasteiger partial charge >= 0.3 is 6.03 Å². The topological polar surface area (TPSA) is 79.0 Å². The van der Waals surface area contributed by atoms with Gasteiger partial charge in [0.15, 0.2) is 0 Å².